The number of benzene rings is 1. The van der Waals surface area contributed by atoms with Crippen LogP contribution in [0.1, 0.15) is 5.56 Å². The summed E-state index contributed by atoms with van der Waals surface area (Å²) in [6, 6.07) is 9.95. The molecule has 1 aromatic rings. The summed E-state index contributed by atoms with van der Waals surface area (Å²) in [5.74, 6) is 1.13. The minimum atomic E-state index is -0.171. The number of rotatable bonds is 6. The van der Waals surface area contributed by atoms with Crippen molar-refractivity contribution in [3.63, 3.8) is 0 Å². The van der Waals surface area contributed by atoms with Gasteiger partial charge in [0.1, 0.15) is 0 Å². The SMILES string of the molecule is O=C(NCCOCc1ccccc1)C1=CSCCO1. The quantitative estimate of drug-likeness (QED) is 0.808. The zero-order valence-electron chi connectivity index (χ0n) is 10.6. The van der Waals surface area contributed by atoms with Gasteiger partial charge >= 0.3 is 0 Å². The number of amides is 1. The Morgan fingerprint density at radius 2 is 2.21 bits per heavy atom. The van der Waals surface area contributed by atoms with Gasteiger partial charge in [-0.25, -0.2) is 0 Å². The first-order valence-corrected chi connectivity index (χ1v) is 7.25. The summed E-state index contributed by atoms with van der Waals surface area (Å²) in [4.78, 5) is 11.7. The average Bonchev–Trinajstić information content (AvgIpc) is 2.49. The monoisotopic (exact) mass is 279 g/mol. The van der Waals surface area contributed by atoms with E-state index in [1.807, 2.05) is 30.3 Å². The van der Waals surface area contributed by atoms with Crippen LogP contribution in [0.2, 0.25) is 0 Å². The maximum Gasteiger partial charge on any atom is 0.286 e. The molecule has 5 heteroatoms. The first-order chi connectivity index (χ1) is 9.36. The minimum Gasteiger partial charge on any atom is -0.487 e. The molecule has 1 aliphatic heterocycles. The molecule has 0 atom stereocenters. The van der Waals surface area contributed by atoms with Gasteiger partial charge in [0.05, 0.1) is 19.8 Å². The molecular formula is C14H17NO3S. The summed E-state index contributed by atoms with van der Waals surface area (Å²) in [5, 5.41) is 4.52. The van der Waals surface area contributed by atoms with E-state index >= 15 is 0 Å². The Labute approximate surface area is 117 Å². The topological polar surface area (TPSA) is 47.6 Å². The van der Waals surface area contributed by atoms with E-state index in [4.69, 9.17) is 9.47 Å². The maximum absolute atomic E-state index is 11.7. The Morgan fingerprint density at radius 3 is 2.95 bits per heavy atom. The molecule has 0 fully saturated rings. The fraction of sp³-hybridized carbons (Fsp3) is 0.357. The second-order valence-corrected chi connectivity index (χ2v) is 4.97. The predicted molar refractivity (Wildman–Crippen MR) is 75.6 cm³/mol. The summed E-state index contributed by atoms with van der Waals surface area (Å²) in [7, 11) is 0. The Kier molecular flexibility index (Phi) is 5.78. The molecule has 0 spiro atoms. The fourth-order valence-electron chi connectivity index (χ4n) is 1.58. The van der Waals surface area contributed by atoms with E-state index in [0.29, 0.717) is 32.1 Å². The molecule has 4 nitrogen and oxygen atoms in total. The van der Waals surface area contributed by atoms with Crippen molar-refractivity contribution in [2.45, 2.75) is 6.61 Å². The van der Waals surface area contributed by atoms with E-state index in [0.717, 1.165) is 11.3 Å². The van der Waals surface area contributed by atoms with Crippen LogP contribution in [0, 0.1) is 0 Å². The van der Waals surface area contributed by atoms with Crippen LogP contribution in [0.5, 0.6) is 0 Å². The van der Waals surface area contributed by atoms with Crippen molar-refractivity contribution in [3.8, 4) is 0 Å². The normalized spacial score (nSPS) is 14.4. The van der Waals surface area contributed by atoms with Crippen LogP contribution in [0.4, 0.5) is 0 Å². The van der Waals surface area contributed by atoms with Gasteiger partial charge in [0.25, 0.3) is 5.91 Å². The summed E-state index contributed by atoms with van der Waals surface area (Å²) >= 11 is 1.59. The van der Waals surface area contributed by atoms with Crippen molar-refractivity contribution in [2.75, 3.05) is 25.5 Å². The number of ether oxygens (including phenoxy) is 2. The highest BCUT2D eigenvalue weighted by Crippen LogP contribution is 2.14. The van der Waals surface area contributed by atoms with Crippen LogP contribution in [-0.2, 0) is 20.9 Å². The molecule has 1 N–H and O–H groups in total. The fourth-order valence-corrected chi connectivity index (χ4v) is 2.20. The third-order valence-electron chi connectivity index (χ3n) is 2.52. The summed E-state index contributed by atoms with van der Waals surface area (Å²) < 4.78 is 10.7. The third kappa shape index (κ3) is 4.96. The van der Waals surface area contributed by atoms with Crippen LogP contribution in [-0.4, -0.2) is 31.4 Å². The second kappa shape index (κ2) is 7.86. The van der Waals surface area contributed by atoms with Crippen molar-refractivity contribution in [1.82, 2.24) is 5.32 Å². The Balaban J connectivity index is 1.59. The van der Waals surface area contributed by atoms with Crippen molar-refractivity contribution in [3.05, 3.63) is 47.1 Å². The van der Waals surface area contributed by atoms with Gasteiger partial charge in [0.2, 0.25) is 0 Å². The molecular weight excluding hydrogens is 262 g/mol. The Bertz CT molecular complexity index is 434. The lowest BCUT2D eigenvalue weighted by Crippen LogP contribution is -2.30. The zero-order chi connectivity index (χ0) is 13.3. The molecule has 0 aromatic heterocycles. The molecule has 0 radical (unpaired) electrons. The van der Waals surface area contributed by atoms with Crippen LogP contribution < -0.4 is 5.32 Å². The number of thioether (sulfide) groups is 1. The van der Waals surface area contributed by atoms with Crippen LogP contribution in [0.15, 0.2) is 41.5 Å². The minimum absolute atomic E-state index is 0.171. The molecule has 0 saturated heterocycles. The van der Waals surface area contributed by atoms with Crippen LogP contribution in [0.3, 0.4) is 0 Å². The number of carbonyl (C=O) groups is 1. The molecule has 0 saturated carbocycles. The van der Waals surface area contributed by atoms with Crippen molar-refractivity contribution in [1.29, 1.82) is 0 Å². The van der Waals surface area contributed by atoms with E-state index in [-0.39, 0.29) is 5.91 Å². The van der Waals surface area contributed by atoms with Gasteiger partial charge in [0, 0.05) is 17.7 Å². The van der Waals surface area contributed by atoms with Crippen LogP contribution >= 0.6 is 11.8 Å². The smallest absolute Gasteiger partial charge is 0.286 e. The largest absolute Gasteiger partial charge is 0.487 e. The zero-order valence-corrected chi connectivity index (χ0v) is 11.4. The standard InChI is InChI=1S/C14H17NO3S/c16-14(13-11-19-9-8-18-13)15-6-7-17-10-12-4-2-1-3-5-12/h1-5,11H,6-10H2,(H,15,16). The van der Waals surface area contributed by atoms with E-state index in [2.05, 4.69) is 5.32 Å². The molecule has 1 heterocycles. The molecule has 1 amide bonds. The summed E-state index contributed by atoms with van der Waals surface area (Å²) in [5.41, 5.74) is 1.13. The highest BCUT2D eigenvalue weighted by molar-refractivity contribution is 8.02. The van der Waals surface area contributed by atoms with Gasteiger partial charge in [-0.3, -0.25) is 4.79 Å². The lowest BCUT2D eigenvalue weighted by atomic mass is 10.2. The molecule has 0 bridgehead atoms. The van der Waals surface area contributed by atoms with Crippen molar-refractivity contribution in [2.24, 2.45) is 0 Å². The molecule has 102 valence electrons. The van der Waals surface area contributed by atoms with Gasteiger partial charge in [0.15, 0.2) is 5.76 Å². The van der Waals surface area contributed by atoms with Gasteiger partial charge in [-0.15, -0.1) is 11.8 Å². The highest BCUT2D eigenvalue weighted by Gasteiger charge is 2.13. The lowest BCUT2D eigenvalue weighted by Gasteiger charge is -2.14. The van der Waals surface area contributed by atoms with Crippen molar-refractivity contribution >= 4 is 17.7 Å². The van der Waals surface area contributed by atoms with Gasteiger partial charge in [-0.05, 0) is 5.56 Å². The van der Waals surface area contributed by atoms with E-state index in [9.17, 15) is 4.79 Å². The molecule has 0 aliphatic carbocycles. The number of nitrogens with one attached hydrogen (secondary N) is 1. The molecule has 1 aliphatic rings. The second-order valence-electron chi connectivity index (χ2n) is 4.00. The van der Waals surface area contributed by atoms with E-state index < -0.39 is 0 Å². The van der Waals surface area contributed by atoms with Gasteiger partial charge in [-0.1, -0.05) is 30.3 Å². The van der Waals surface area contributed by atoms with Gasteiger partial charge < -0.3 is 14.8 Å². The van der Waals surface area contributed by atoms with E-state index in [1.165, 1.54) is 0 Å². The Morgan fingerprint density at radius 1 is 1.37 bits per heavy atom. The van der Waals surface area contributed by atoms with Crippen molar-refractivity contribution < 1.29 is 14.3 Å². The summed E-state index contributed by atoms with van der Waals surface area (Å²) in [6.45, 7) is 2.12. The third-order valence-corrected chi connectivity index (χ3v) is 3.30. The molecule has 1 aromatic carbocycles. The van der Waals surface area contributed by atoms with E-state index in [1.54, 1.807) is 17.2 Å². The lowest BCUT2D eigenvalue weighted by molar-refractivity contribution is -0.121. The van der Waals surface area contributed by atoms with Gasteiger partial charge in [-0.2, -0.15) is 0 Å². The predicted octanol–water partition coefficient (Wildman–Crippen LogP) is 1.92. The highest BCUT2D eigenvalue weighted by atomic mass is 32.2. The maximum atomic E-state index is 11.7. The average molecular weight is 279 g/mol. The molecule has 2 rings (SSSR count). The summed E-state index contributed by atoms with van der Waals surface area (Å²) in [6.07, 6.45) is 0. The number of carbonyl (C=O) groups excluding carboxylic acids is 1. The first-order valence-electron chi connectivity index (χ1n) is 6.21. The first kappa shape index (κ1) is 14.0. The number of hydrogen-bond acceptors (Lipinski definition) is 4. The molecule has 19 heavy (non-hydrogen) atoms. The van der Waals surface area contributed by atoms with Crippen LogP contribution in [0.25, 0.3) is 0 Å². The molecule has 0 unspecified atom stereocenters. The number of hydrogen-bond donors (Lipinski definition) is 1. The Hall–Kier alpha value is -1.46.